The van der Waals surface area contributed by atoms with E-state index in [2.05, 4.69) is 9.97 Å². The van der Waals surface area contributed by atoms with E-state index < -0.39 is 0 Å². The molecule has 0 bridgehead atoms. The molecule has 6 heteroatoms. The Morgan fingerprint density at radius 1 is 1.35 bits per heavy atom. The minimum Gasteiger partial charge on any atom is -0.368 e. The van der Waals surface area contributed by atoms with E-state index in [1.165, 1.54) is 0 Å². The highest BCUT2D eigenvalue weighted by molar-refractivity contribution is 5.79. The van der Waals surface area contributed by atoms with E-state index in [0.717, 1.165) is 12.1 Å². The van der Waals surface area contributed by atoms with Crippen LogP contribution in [0.3, 0.4) is 0 Å². The van der Waals surface area contributed by atoms with Gasteiger partial charge in [-0.1, -0.05) is 6.92 Å². The van der Waals surface area contributed by atoms with Crippen LogP contribution in [0.5, 0.6) is 0 Å². The molecule has 17 heavy (non-hydrogen) atoms. The zero-order valence-electron chi connectivity index (χ0n) is 10.8. The summed E-state index contributed by atoms with van der Waals surface area (Å²) in [6.07, 6.45) is 0.820. The van der Waals surface area contributed by atoms with Gasteiger partial charge in [-0.3, -0.25) is 4.79 Å². The Morgan fingerprint density at radius 2 is 2.00 bits per heavy atom. The summed E-state index contributed by atoms with van der Waals surface area (Å²) in [5.74, 6) is 0.964. The molecular weight excluding hydrogens is 218 g/mol. The number of carbonyl (C=O) groups excluding carboxylic acids is 1. The molecule has 1 aromatic rings. The van der Waals surface area contributed by atoms with Gasteiger partial charge in [0.15, 0.2) is 0 Å². The van der Waals surface area contributed by atoms with E-state index in [4.69, 9.17) is 5.73 Å². The zero-order valence-corrected chi connectivity index (χ0v) is 10.8. The Balaban J connectivity index is 3.05. The molecule has 0 aliphatic rings. The molecule has 1 rings (SSSR count). The lowest BCUT2D eigenvalue weighted by molar-refractivity contribution is -0.116. The summed E-state index contributed by atoms with van der Waals surface area (Å²) in [5.41, 5.74) is 6.10. The summed E-state index contributed by atoms with van der Waals surface area (Å²) in [6, 6.07) is 1.87. The lowest BCUT2D eigenvalue weighted by atomic mass is 10.3. The van der Waals surface area contributed by atoms with Crippen LogP contribution in [0.4, 0.5) is 11.8 Å². The number of likely N-dealkylation sites (N-methyl/N-ethyl adjacent to an activating group) is 1. The molecule has 94 valence electrons. The Kier molecular flexibility index (Phi) is 4.25. The third kappa shape index (κ3) is 3.58. The number of amides is 1. The van der Waals surface area contributed by atoms with Crippen LogP contribution < -0.4 is 15.5 Å². The first kappa shape index (κ1) is 13.2. The molecule has 0 aliphatic carbocycles. The first-order chi connectivity index (χ1) is 7.93. The third-order valence-electron chi connectivity index (χ3n) is 2.30. The molecule has 0 atom stereocenters. The molecule has 0 unspecified atom stereocenters. The van der Waals surface area contributed by atoms with Gasteiger partial charge in [-0.05, 0) is 6.42 Å². The average molecular weight is 237 g/mol. The number of anilines is 2. The lowest BCUT2D eigenvalue weighted by Gasteiger charge is -2.19. The Morgan fingerprint density at radius 3 is 2.47 bits per heavy atom. The van der Waals surface area contributed by atoms with Crippen LogP contribution in [-0.2, 0) is 11.2 Å². The second kappa shape index (κ2) is 5.47. The summed E-state index contributed by atoms with van der Waals surface area (Å²) >= 11 is 0. The maximum absolute atomic E-state index is 10.9. The molecule has 0 spiro atoms. The van der Waals surface area contributed by atoms with Crippen molar-refractivity contribution in [2.45, 2.75) is 13.3 Å². The van der Waals surface area contributed by atoms with Gasteiger partial charge in [0.25, 0.3) is 0 Å². The fraction of sp³-hybridized carbons (Fsp3) is 0.545. The fourth-order valence-electron chi connectivity index (χ4n) is 1.36. The van der Waals surface area contributed by atoms with E-state index in [1.807, 2.05) is 32.0 Å². The number of primary amides is 1. The number of hydrogen-bond donors (Lipinski definition) is 1. The van der Waals surface area contributed by atoms with Gasteiger partial charge in [-0.15, -0.1) is 0 Å². The summed E-state index contributed by atoms with van der Waals surface area (Å²) < 4.78 is 0. The molecule has 0 aromatic carbocycles. The van der Waals surface area contributed by atoms with Gasteiger partial charge in [-0.2, -0.15) is 4.98 Å². The Bertz CT molecular complexity index is 405. The zero-order chi connectivity index (χ0) is 13.0. The molecular formula is C11H19N5O. The molecule has 2 N–H and O–H groups in total. The molecule has 0 saturated carbocycles. The van der Waals surface area contributed by atoms with Crippen LogP contribution in [0, 0.1) is 0 Å². The van der Waals surface area contributed by atoms with E-state index in [0.29, 0.717) is 11.8 Å². The smallest absolute Gasteiger partial charge is 0.236 e. The van der Waals surface area contributed by atoms with Crippen molar-refractivity contribution in [3.05, 3.63) is 11.8 Å². The topological polar surface area (TPSA) is 75.3 Å². The van der Waals surface area contributed by atoms with Gasteiger partial charge < -0.3 is 15.5 Å². The number of nitrogens with zero attached hydrogens (tertiary/aromatic N) is 4. The number of aryl methyl sites for hydroxylation is 1. The molecule has 6 nitrogen and oxygen atoms in total. The van der Waals surface area contributed by atoms with Crippen molar-refractivity contribution < 1.29 is 4.79 Å². The SMILES string of the molecule is CCc1cc(N(C)CC(N)=O)nc(N(C)C)n1. The number of aromatic nitrogens is 2. The minimum absolute atomic E-state index is 0.146. The highest BCUT2D eigenvalue weighted by Gasteiger charge is 2.10. The number of carbonyl (C=O) groups is 1. The maximum Gasteiger partial charge on any atom is 0.236 e. The van der Waals surface area contributed by atoms with E-state index >= 15 is 0 Å². The monoisotopic (exact) mass is 237 g/mol. The molecule has 1 heterocycles. The van der Waals surface area contributed by atoms with Crippen molar-refractivity contribution in [1.29, 1.82) is 0 Å². The summed E-state index contributed by atoms with van der Waals surface area (Å²) in [4.78, 5) is 23.2. The molecule has 0 radical (unpaired) electrons. The summed E-state index contributed by atoms with van der Waals surface area (Å²) in [6.45, 7) is 2.17. The van der Waals surface area contributed by atoms with Gasteiger partial charge in [0.2, 0.25) is 11.9 Å². The molecule has 1 aromatic heterocycles. The van der Waals surface area contributed by atoms with Crippen LogP contribution in [0.25, 0.3) is 0 Å². The number of nitrogens with two attached hydrogens (primary N) is 1. The molecule has 0 fully saturated rings. The Labute approximate surface area is 101 Å². The first-order valence-corrected chi connectivity index (χ1v) is 5.48. The second-order valence-corrected chi connectivity index (χ2v) is 4.09. The number of rotatable bonds is 5. The molecule has 0 aliphatic heterocycles. The normalized spacial score (nSPS) is 10.1. The Hall–Kier alpha value is -1.85. The van der Waals surface area contributed by atoms with E-state index in [-0.39, 0.29) is 12.5 Å². The quantitative estimate of drug-likeness (QED) is 0.781. The predicted octanol–water partition coefficient (Wildman–Crippen LogP) is 0.0265. The molecule has 1 amide bonds. The lowest BCUT2D eigenvalue weighted by Crippen LogP contribution is -2.31. The van der Waals surface area contributed by atoms with Crippen LogP contribution in [0.2, 0.25) is 0 Å². The van der Waals surface area contributed by atoms with Crippen molar-refractivity contribution in [2.75, 3.05) is 37.5 Å². The first-order valence-electron chi connectivity index (χ1n) is 5.48. The third-order valence-corrected chi connectivity index (χ3v) is 2.30. The van der Waals surface area contributed by atoms with Crippen LogP contribution in [0.1, 0.15) is 12.6 Å². The van der Waals surface area contributed by atoms with Gasteiger partial charge in [0.05, 0.1) is 6.54 Å². The van der Waals surface area contributed by atoms with Crippen LogP contribution in [0.15, 0.2) is 6.07 Å². The van der Waals surface area contributed by atoms with Crippen molar-refractivity contribution >= 4 is 17.7 Å². The van der Waals surface area contributed by atoms with Crippen molar-refractivity contribution in [1.82, 2.24) is 9.97 Å². The maximum atomic E-state index is 10.9. The van der Waals surface area contributed by atoms with E-state index in [1.54, 1.807) is 11.9 Å². The van der Waals surface area contributed by atoms with E-state index in [9.17, 15) is 4.79 Å². The highest BCUT2D eigenvalue weighted by atomic mass is 16.1. The van der Waals surface area contributed by atoms with Gasteiger partial charge in [-0.25, -0.2) is 4.98 Å². The van der Waals surface area contributed by atoms with Crippen molar-refractivity contribution in [2.24, 2.45) is 5.73 Å². The van der Waals surface area contributed by atoms with Gasteiger partial charge in [0, 0.05) is 32.9 Å². The summed E-state index contributed by atoms with van der Waals surface area (Å²) in [7, 11) is 5.55. The predicted molar refractivity (Wildman–Crippen MR) is 68.2 cm³/mol. The summed E-state index contributed by atoms with van der Waals surface area (Å²) in [5, 5.41) is 0. The largest absolute Gasteiger partial charge is 0.368 e. The average Bonchev–Trinajstić information content (AvgIpc) is 2.27. The molecule has 0 saturated heterocycles. The second-order valence-electron chi connectivity index (χ2n) is 4.09. The highest BCUT2D eigenvalue weighted by Crippen LogP contribution is 2.15. The fourth-order valence-corrected chi connectivity index (χ4v) is 1.36. The van der Waals surface area contributed by atoms with Gasteiger partial charge in [0.1, 0.15) is 5.82 Å². The number of hydrogen-bond acceptors (Lipinski definition) is 5. The van der Waals surface area contributed by atoms with Crippen molar-refractivity contribution in [3.8, 4) is 0 Å². The minimum atomic E-state index is -0.379. The van der Waals surface area contributed by atoms with Gasteiger partial charge >= 0.3 is 0 Å². The van der Waals surface area contributed by atoms with Crippen LogP contribution in [-0.4, -0.2) is 43.6 Å². The standard InChI is InChI=1S/C11H19N5O/c1-5-8-6-10(16(4)7-9(12)17)14-11(13-8)15(2)3/h6H,5,7H2,1-4H3,(H2,12,17). The van der Waals surface area contributed by atoms with Crippen LogP contribution >= 0.6 is 0 Å². The van der Waals surface area contributed by atoms with Crippen molar-refractivity contribution in [3.63, 3.8) is 0 Å².